The molecule has 2 nitrogen and oxygen atoms in total. The van der Waals surface area contributed by atoms with Crippen molar-refractivity contribution in [1.29, 1.82) is 0 Å². The van der Waals surface area contributed by atoms with Gasteiger partial charge in [-0.25, -0.2) is 0 Å². The van der Waals surface area contributed by atoms with Crippen molar-refractivity contribution in [2.24, 2.45) is 0 Å². The standard InChI is InChI=1S/C19H24O2S/c20-19(21)11-7-2-1-6-10-17-14-15-22-18(17)13-12-16-8-4-3-5-9-16/h3-5,8-9,14-15H,1-2,6-7,10-13H2,(H,20,21). The Kier molecular flexibility index (Phi) is 7.17. The predicted molar refractivity (Wildman–Crippen MR) is 92.6 cm³/mol. The maximum atomic E-state index is 10.5. The van der Waals surface area contributed by atoms with Gasteiger partial charge >= 0.3 is 5.97 Å². The van der Waals surface area contributed by atoms with Gasteiger partial charge in [-0.15, -0.1) is 11.3 Å². The lowest BCUT2D eigenvalue weighted by Gasteiger charge is -2.05. The molecule has 0 saturated heterocycles. The van der Waals surface area contributed by atoms with Gasteiger partial charge in [0, 0.05) is 11.3 Å². The Morgan fingerprint density at radius 1 is 0.909 bits per heavy atom. The summed E-state index contributed by atoms with van der Waals surface area (Å²) < 4.78 is 0. The first-order chi connectivity index (χ1) is 10.8. The van der Waals surface area contributed by atoms with Crippen molar-refractivity contribution in [2.45, 2.75) is 51.4 Å². The third-order valence-corrected chi connectivity index (χ3v) is 4.93. The van der Waals surface area contributed by atoms with Crippen molar-refractivity contribution in [3.63, 3.8) is 0 Å². The van der Waals surface area contributed by atoms with E-state index in [9.17, 15) is 4.79 Å². The van der Waals surface area contributed by atoms with Gasteiger partial charge < -0.3 is 5.11 Å². The van der Waals surface area contributed by atoms with Crippen LogP contribution in [0.5, 0.6) is 0 Å². The van der Waals surface area contributed by atoms with E-state index in [-0.39, 0.29) is 0 Å². The number of unbranched alkanes of at least 4 members (excludes halogenated alkanes) is 3. The zero-order valence-corrected chi connectivity index (χ0v) is 13.8. The van der Waals surface area contributed by atoms with E-state index in [0.717, 1.165) is 44.9 Å². The van der Waals surface area contributed by atoms with Gasteiger partial charge in [-0.05, 0) is 54.7 Å². The molecular formula is C19H24O2S. The van der Waals surface area contributed by atoms with Crippen LogP contribution in [0, 0.1) is 0 Å². The van der Waals surface area contributed by atoms with Gasteiger partial charge in [-0.1, -0.05) is 43.2 Å². The zero-order valence-electron chi connectivity index (χ0n) is 13.0. The highest BCUT2D eigenvalue weighted by molar-refractivity contribution is 7.10. The molecular weight excluding hydrogens is 292 g/mol. The topological polar surface area (TPSA) is 37.3 Å². The summed E-state index contributed by atoms with van der Waals surface area (Å²) in [6, 6.07) is 12.9. The molecule has 1 N–H and O–H groups in total. The van der Waals surface area contributed by atoms with Crippen molar-refractivity contribution in [3.8, 4) is 0 Å². The summed E-state index contributed by atoms with van der Waals surface area (Å²) in [7, 11) is 0. The molecule has 0 unspecified atom stereocenters. The van der Waals surface area contributed by atoms with Crippen LogP contribution < -0.4 is 0 Å². The van der Waals surface area contributed by atoms with Crippen LogP contribution >= 0.6 is 11.3 Å². The average Bonchev–Trinajstić information content (AvgIpc) is 2.97. The van der Waals surface area contributed by atoms with Gasteiger partial charge in [0.25, 0.3) is 0 Å². The molecule has 0 radical (unpaired) electrons. The van der Waals surface area contributed by atoms with Gasteiger partial charge in [0.05, 0.1) is 0 Å². The number of hydrogen-bond acceptors (Lipinski definition) is 2. The van der Waals surface area contributed by atoms with Crippen LogP contribution in [-0.4, -0.2) is 11.1 Å². The van der Waals surface area contributed by atoms with E-state index in [2.05, 4.69) is 41.8 Å². The maximum absolute atomic E-state index is 10.5. The summed E-state index contributed by atoms with van der Waals surface area (Å²) in [4.78, 5) is 12.0. The van der Waals surface area contributed by atoms with Gasteiger partial charge in [0.2, 0.25) is 0 Å². The molecule has 0 spiro atoms. The van der Waals surface area contributed by atoms with Crippen LogP contribution in [0.1, 0.15) is 48.1 Å². The quantitative estimate of drug-likeness (QED) is 0.618. The third kappa shape index (κ3) is 6.02. The van der Waals surface area contributed by atoms with Crippen LogP contribution in [0.2, 0.25) is 0 Å². The van der Waals surface area contributed by atoms with Crippen molar-refractivity contribution >= 4 is 17.3 Å². The average molecular weight is 316 g/mol. The van der Waals surface area contributed by atoms with Crippen LogP contribution in [0.25, 0.3) is 0 Å². The summed E-state index contributed by atoms with van der Waals surface area (Å²) in [6.45, 7) is 0. The first kappa shape index (κ1) is 16.8. The number of rotatable bonds is 10. The van der Waals surface area contributed by atoms with Gasteiger partial charge in [-0.2, -0.15) is 0 Å². The predicted octanol–water partition coefficient (Wildman–Crippen LogP) is 5.11. The van der Waals surface area contributed by atoms with Crippen LogP contribution in [-0.2, 0) is 24.1 Å². The summed E-state index contributed by atoms with van der Waals surface area (Å²) in [5, 5.41) is 10.8. The molecule has 0 aliphatic carbocycles. The lowest BCUT2D eigenvalue weighted by atomic mass is 10.0. The Balaban J connectivity index is 1.69. The summed E-state index contributed by atoms with van der Waals surface area (Å²) in [5.41, 5.74) is 2.88. The summed E-state index contributed by atoms with van der Waals surface area (Å²) in [6.07, 6.45) is 7.77. The van der Waals surface area contributed by atoms with E-state index < -0.39 is 5.97 Å². The smallest absolute Gasteiger partial charge is 0.303 e. The van der Waals surface area contributed by atoms with Crippen molar-refractivity contribution in [2.75, 3.05) is 0 Å². The molecule has 1 heterocycles. The molecule has 0 aliphatic heterocycles. The Bertz CT molecular complexity index is 560. The van der Waals surface area contributed by atoms with Crippen molar-refractivity contribution < 1.29 is 9.90 Å². The number of carboxylic acids is 1. The second-order valence-electron chi connectivity index (χ2n) is 5.66. The van der Waals surface area contributed by atoms with Crippen LogP contribution in [0.15, 0.2) is 41.8 Å². The Morgan fingerprint density at radius 3 is 2.45 bits per heavy atom. The molecule has 118 valence electrons. The molecule has 1 aromatic carbocycles. The number of aliphatic carboxylic acids is 1. The fraction of sp³-hybridized carbons (Fsp3) is 0.421. The molecule has 2 aromatic rings. The zero-order chi connectivity index (χ0) is 15.6. The van der Waals surface area contributed by atoms with E-state index in [1.54, 1.807) is 0 Å². The fourth-order valence-corrected chi connectivity index (χ4v) is 3.59. The van der Waals surface area contributed by atoms with Crippen molar-refractivity contribution in [3.05, 3.63) is 57.8 Å². The van der Waals surface area contributed by atoms with Gasteiger partial charge in [0.15, 0.2) is 0 Å². The Labute approximate surface area is 136 Å². The Morgan fingerprint density at radius 2 is 1.68 bits per heavy atom. The van der Waals surface area contributed by atoms with Crippen LogP contribution in [0.3, 0.4) is 0 Å². The van der Waals surface area contributed by atoms with E-state index in [4.69, 9.17) is 5.11 Å². The molecule has 0 atom stereocenters. The molecule has 22 heavy (non-hydrogen) atoms. The molecule has 2 rings (SSSR count). The maximum Gasteiger partial charge on any atom is 0.303 e. The molecule has 3 heteroatoms. The minimum Gasteiger partial charge on any atom is -0.481 e. The Hall–Kier alpha value is -1.61. The SMILES string of the molecule is O=C(O)CCCCCCc1ccsc1CCc1ccccc1. The molecule has 0 saturated carbocycles. The summed E-state index contributed by atoms with van der Waals surface area (Å²) >= 11 is 1.86. The normalized spacial score (nSPS) is 10.7. The van der Waals surface area contributed by atoms with Gasteiger partial charge in [0.1, 0.15) is 0 Å². The number of hydrogen-bond donors (Lipinski definition) is 1. The number of carboxylic acid groups (broad SMARTS) is 1. The summed E-state index contributed by atoms with van der Waals surface area (Å²) in [5.74, 6) is -0.680. The van der Waals surface area contributed by atoms with E-state index in [0.29, 0.717) is 6.42 Å². The molecule has 0 aliphatic rings. The number of thiophene rings is 1. The largest absolute Gasteiger partial charge is 0.481 e. The minimum atomic E-state index is -0.680. The lowest BCUT2D eigenvalue weighted by Crippen LogP contribution is -1.95. The fourth-order valence-electron chi connectivity index (χ4n) is 2.66. The van der Waals surface area contributed by atoms with Gasteiger partial charge in [-0.3, -0.25) is 4.79 Å². The van der Waals surface area contributed by atoms with Crippen molar-refractivity contribution in [1.82, 2.24) is 0 Å². The highest BCUT2D eigenvalue weighted by atomic mass is 32.1. The van der Waals surface area contributed by atoms with E-state index in [1.165, 1.54) is 16.0 Å². The monoisotopic (exact) mass is 316 g/mol. The second kappa shape index (κ2) is 9.42. The van der Waals surface area contributed by atoms with E-state index >= 15 is 0 Å². The molecule has 0 amide bonds. The highest BCUT2D eigenvalue weighted by Crippen LogP contribution is 2.21. The first-order valence-corrected chi connectivity index (χ1v) is 8.94. The minimum absolute atomic E-state index is 0.306. The molecule has 0 bridgehead atoms. The number of carbonyl (C=O) groups is 1. The second-order valence-corrected chi connectivity index (χ2v) is 6.66. The third-order valence-electron chi connectivity index (χ3n) is 3.91. The molecule has 0 fully saturated rings. The highest BCUT2D eigenvalue weighted by Gasteiger charge is 2.05. The molecule has 1 aromatic heterocycles. The number of benzene rings is 1. The van der Waals surface area contributed by atoms with Crippen LogP contribution in [0.4, 0.5) is 0 Å². The van der Waals surface area contributed by atoms with E-state index in [1.807, 2.05) is 11.3 Å². The lowest BCUT2D eigenvalue weighted by molar-refractivity contribution is -0.137. The first-order valence-electron chi connectivity index (χ1n) is 8.06. The number of aryl methyl sites for hydroxylation is 3.